The van der Waals surface area contributed by atoms with Gasteiger partial charge >= 0.3 is 6.09 Å². The number of alkyl carbamates (subject to hydrolysis) is 1. The van der Waals surface area contributed by atoms with Crippen LogP contribution in [-0.4, -0.2) is 55.8 Å². The third-order valence-corrected chi connectivity index (χ3v) is 4.49. The van der Waals surface area contributed by atoms with E-state index < -0.39 is 6.09 Å². The lowest BCUT2D eigenvalue weighted by Gasteiger charge is -2.45. The Balaban J connectivity index is 2.54. The van der Waals surface area contributed by atoms with Crippen LogP contribution in [0.3, 0.4) is 0 Å². The predicted octanol–water partition coefficient (Wildman–Crippen LogP) is 2.11. The average molecular weight is 339 g/mol. The normalized spacial score (nSPS) is 25.3. The highest BCUT2D eigenvalue weighted by atomic mass is 16.5. The molecular formula is C17H29N3O4. The molecule has 0 aromatic carbocycles. The number of aliphatic imine (C=N–C) groups is 1. The fourth-order valence-electron chi connectivity index (χ4n) is 3.72. The molecule has 2 atom stereocenters. The molecule has 136 valence electrons. The smallest absolute Gasteiger partial charge is 0.407 e. The van der Waals surface area contributed by atoms with Gasteiger partial charge in [-0.05, 0) is 30.1 Å². The number of isocyanates is 1. The molecule has 2 amide bonds. The zero-order valence-corrected chi connectivity index (χ0v) is 15.3. The maximum atomic E-state index is 12.0. The van der Waals surface area contributed by atoms with Crippen molar-refractivity contribution in [2.45, 2.75) is 53.0 Å². The van der Waals surface area contributed by atoms with Crippen LogP contribution in [0, 0.1) is 10.8 Å². The van der Waals surface area contributed by atoms with E-state index in [9.17, 15) is 14.4 Å². The summed E-state index contributed by atoms with van der Waals surface area (Å²) in [6, 6.07) is -0.0290. The molecule has 1 rings (SSSR count). The molecule has 0 bridgehead atoms. The zero-order valence-electron chi connectivity index (χ0n) is 15.3. The van der Waals surface area contributed by atoms with E-state index in [0.717, 1.165) is 19.3 Å². The van der Waals surface area contributed by atoms with Crippen molar-refractivity contribution in [1.29, 1.82) is 0 Å². The summed E-state index contributed by atoms with van der Waals surface area (Å²) in [7, 11) is 1.66. The Kier molecular flexibility index (Phi) is 6.96. The highest BCUT2D eigenvalue weighted by Crippen LogP contribution is 2.46. The Bertz CT molecular complexity index is 514. The Morgan fingerprint density at radius 3 is 2.58 bits per heavy atom. The van der Waals surface area contributed by atoms with Gasteiger partial charge in [0.05, 0.1) is 13.1 Å². The quantitative estimate of drug-likeness (QED) is 0.593. The minimum atomic E-state index is -0.476. The van der Waals surface area contributed by atoms with Crippen molar-refractivity contribution < 1.29 is 19.1 Å². The van der Waals surface area contributed by atoms with Crippen molar-refractivity contribution in [3.63, 3.8) is 0 Å². The standard InChI is InChI=1S/C17H29N3O4/c1-13(22)20(5)6-7-24-15(23)19-14-8-16(2,3)10-17(4,9-14)11-18-12-21/h14H,6-11H2,1-5H3,(H,19,23). The van der Waals surface area contributed by atoms with Crippen LogP contribution in [0.5, 0.6) is 0 Å². The number of hydrogen-bond acceptors (Lipinski definition) is 5. The molecule has 1 fully saturated rings. The highest BCUT2D eigenvalue weighted by molar-refractivity contribution is 5.72. The first kappa shape index (κ1) is 20.2. The van der Waals surface area contributed by atoms with Gasteiger partial charge in [-0.3, -0.25) is 4.79 Å². The Hall–Kier alpha value is -1.88. The number of likely N-dealkylation sites (N-methyl/N-ethyl adjacent to an activating group) is 1. The predicted molar refractivity (Wildman–Crippen MR) is 90.3 cm³/mol. The van der Waals surface area contributed by atoms with E-state index in [1.54, 1.807) is 13.1 Å². The van der Waals surface area contributed by atoms with E-state index in [-0.39, 0.29) is 29.4 Å². The van der Waals surface area contributed by atoms with Crippen molar-refractivity contribution in [2.24, 2.45) is 15.8 Å². The Morgan fingerprint density at radius 1 is 1.33 bits per heavy atom. The zero-order chi connectivity index (χ0) is 18.4. The Morgan fingerprint density at radius 2 is 2.00 bits per heavy atom. The number of carbonyl (C=O) groups excluding carboxylic acids is 3. The maximum Gasteiger partial charge on any atom is 0.407 e. The summed E-state index contributed by atoms with van der Waals surface area (Å²) in [5.74, 6) is -0.0699. The number of nitrogens with one attached hydrogen (secondary N) is 1. The summed E-state index contributed by atoms with van der Waals surface area (Å²) in [5.41, 5.74) is -0.107. The monoisotopic (exact) mass is 339 g/mol. The van der Waals surface area contributed by atoms with Gasteiger partial charge in [0, 0.05) is 20.0 Å². The fraction of sp³-hybridized carbons (Fsp3) is 0.824. The Labute approximate surface area is 143 Å². The number of rotatable bonds is 6. The second kappa shape index (κ2) is 8.29. The van der Waals surface area contributed by atoms with Gasteiger partial charge in [-0.25, -0.2) is 14.6 Å². The van der Waals surface area contributed by atoms with Crippen LogP contribution in [0.1, 0.15) is 47.0 Å². The van der Waals surface area contributed by atoms with Crippen molar-refractivity contribution in [3.8, 4) is 0 Å². The van der Waals surface area contributed by atoms with E-state index in [2.05, 4.69) is 31.1 Å². The first-order valence-electron chi connectivity index (χ1n) is 8.25. The van der Waals surface area contributed by atoms with Crippen LogP contribution < -0.4 is 5.32 Å². The topological polar surface area (TPSA) is 88.1 Å². The third-order valence-electron chi connectivity index (χ3n) is 4.49. The van der Waals surface area contributed by atoms with Gasteiger partial charge in [0.25, 0.3) is 0 Å². The molecule has 2 unspecified atom stereocenters. The van der Waals surface area contributed by atoms with E-state index >= 15 is 0 Å². The summed E-state index contributed by atoms with van der Waals surface area (Å²) in [6.07, 6.45) is 3.64. The molecule has 0 spiro atoms. The number of carbonyl (C=O) groups is 2. The molecule has 24 heavy (non-hydrogen) atoms. The van der Waals surface area contributed by atoms with Crippen LogP contribution in [-0.2, 0) is 14.3 Å². The summed E-state index contributed by atoms with van der Waals surface area (Å²) in [6.45, 7) is 8.78. The summed E-state index contributed by atoms with van der Waals surface area (Å²) in [5, 5.41) is 2.90. The SMILES string of the molecule is CC(=O)N(C)CCOC(=O)NC1CC(C)(C)CC(C)(CN=C=O)C1. The van der Waals surface area contributed by atoms with Gasteiger partial charge in [0.15, 0.2) is 0 Å². The maximum absolute atomic E-state index is 12.0. The molecule has 1 aliphatic carbocycles. The third kappa shape index (κ3) is 6.71. The summed E-state index contributed by atoms with van der Waals surface area (Å²) < 4.78 is 5.15. The molecule has 0 aromatic rings. The summed E-state index contributed by atoms with van der Waals surface area (Å²) in [4.78, 5) is 38.7. The first-order valence-corrected chi connectivity index (χ1v) is 8.25. The molecule has 1 aliphatic rings. The largest absolute Gasteiger partial charge is 0.448 e. The van der Waals surface area contributed by atoms with E-state index in [1.807, 2.05) is 0 Å². The van der Waals surface area contributed by atoms with Gasteiger partial charge in [-0.1, -0.05) is 20.8 Å². The minimum absolute atomic E-state index is 0.0290. The van der Waals surface area contributed by atoms with Gasteiger partial charge < -0.3 is 15.0 Å². The summed E-state index contributed by atoms with van der Waals surface area (Å²) >= 11 is 0. The second-order valence-corrected chi connectivity index (χ2v) is 7.89. The molecule has 0 radical (unpaired) electrons. The molecule has 0 heterocycles. The lowest BCUT2D eigenvalue weighted by atomic mass is 9.62. The highest BCUT2D eigenvalue weighted by Gasteiger charge is 2.41. The molecule has 7 heteroatoms. The fourth-order valence-corrected chi connectivity index (χ4v) is 3.72. The average Bonchev–Trinajstić information content (AvgIpc) is 2.42. The van der Waals surface area contributed by atoms with Crippen LogP contribution in [0.25, 0.3) is 0 Å². The molecule has 1 saturated carbocycles. The van der Waals surface area contributed by atoms with Crippen molar-refractivity contribution in [3.05, 3.63) is 0 Å². The lowest BCUT2D eigenvalue weighted by Crippen LogP contribution is -2.48. The van der Waals surface area contributed by atoms with Crippen LogP contribution in [0.4, 0.5) is 4.79 Å². The molecule has 7 nitrogen and oxygen atoms in total. The van der Waals surface area contributed by atoms with Crippen molar-refractivity contribution in [2.75, 3.05) is 26.7 Å². The second-order valence-electron chi connectivity index (χ2n) is 7.89. The number of ether oxygens (including phenoxy) is 1. The minimum Gasteiger partial charge on any atom is -0.448 e. The van der Waals surface area contributed by atoms with Crippen LogP contribution >= 0.6 is 0 Å². The van der Waals surface area contributed by atoms with Gasteiger partial charge in [-0.2, -0.15) is 0 Å². The lowest BCUT2D eigenvalue weighted by molar-refractivity contribution is -0.128. The first-order chi connectivity index (χ1) is 11.1. The van der Waals surface area contributed by atoms with Gasteiger partial charge in [-0.15, -0.1) is 0 Å². The molecule has 0 aromatic heterocycles. The van der Waals surface area contributed by atoms with Crippen molar-refractivity contribution >= 4 is 18.1 Å². The number of amides is 2. The molecular weight excluding hydrogens is 310 g/mol. The van der Waals surface area contributed by atoms with E-state index in [0.29, 0.717) is 13.1 Å². The van der Waals surface area contributed by atoms with Gasteiger partial charge in [0.2, 0.25) is 12.0 Å². The van der Waals surface area contributed by atoms with Crippen molar-refractivity contribution in [1.82, 2.24) is 10.2 Å². The molecule has 1 N–H and O–H groups in total. The van der Waals surface area contributed by atoms with Crippen LogP contribution in [0.2, 0.25) is 0 Å². The molecule has 0 aliphatic heterocycles. The van der Waals surface area contributed by atoms with Crippen LogP contribution in [0.15, 0.2) is 4.99 Å². The molecule has 0 saturated heterocycles. The number of nitrogens with zero attached hydrogens (tertiary/aromatic N) is 2. The number of hydrogen-bond donors (Lipinski definition) is 1. The van der Waals surface area contributed by atoms with Gasteiger partial charge in [0.1, 0.15) is 6.61 Å². The van der Waals surface area contributed by atoms with E-state index in [4.69, 9.17) is 4.74 Å². The van der Waals surface area contributed by atoms with E-state index in [1.165, 1.54) is 11.8 Å².